The van der Waals surface area contributed by atoms with Crippen molar-refractivity contribution in [3.05, 3.63) is 18.0 Å². The van der Waals surface area contributed by atoms with Crippen LogP contribution in [0.25, 0.3) is 0 Å². The Bertz CT molecular complexity index is 348. The molecule has 0 bridgehead atoms. The van der Waals surface area contributed by atoms with Gasteiger partial charge >= 0.3 is 5.97 Å². The number of carbonyl (C=O) groups excluding carboxylic acids is 2. The van der Waals surface area contributed by atoms with E-state index in [-0.39, 0.29) is 12.5 Å². The Labute approximate surface area is 93.6 Å². The van der Waals surface area contributed by atoms with Gasteiger partial charge in [-0.3, -0.25) is 14.7 Å². The van der Waals surface area contributed by atoms with Crippen LogP contribution in [-0.4, -0.2) is 46.7 Å². The van der Waals surface area contributed by atoms with Crippen molar-refractivity contribution in [1.82, 2.24) is 15.1 Å². The number of rotatable bonds is 5. The van der Waals surface area contributed by atoms with E-state index in [1.807, 2.05) is 0 Å². The highest BCUT2D eigenvalue weighted by Crippen LogP contribution is 2.02. The van der Waals surface area contributed by atoms with Crippen LogP contribution in [0.1, 0.15) is 24.2 Å². The molecule has 0 spiro atoms. The van der Waals surface area contributed by atoms with Crippen molar-refractivity contribution < 1.29 is 14.3 Å². The average Bonchev–Trinajstić information content (AvgIpc) is 2.78. The molecule has 0 aromatic carbocycles. The minimum absolute atomic E-state index is 0.0334. The molecule has 0 saturated heterocycles. The third kappa shape index (κ3) is 3.08. The lowest BCUT2D eigenvalue weighted by molar-refractivity contribution is -0.143. The maximum atomic E-state index is 11.8. The minimum Gasteiger partial charge on any atom is -0.465 e. The number of ether oxygens (including phenoxy) is 1. The minimum atomic E-state index is -0.402. The number of nitrogens with zero attached hydrogens (tertiary/aromatic N) is 2. The van der Waals surface area contributed by atoms with Crippen molar-refractivity contribution in [2.45, 2.75) is 13.8 Å². The number of amides is 1. The molecule has 6 heteroatoms. The lowest BCUT2D eigenvalue weighted by Gasteiger charge is -2.18. The molecule has 88 valence electrons. The summed E-state index contributed by atoms with van der Waals surface area (Å²) in [4.78, 5) is 24.5. The Morgan fingerprint density at radius 2 is 2.25 bits per heavy atom. The van der Waals surface area contributed by atoms with Crippen molar-refractivity contribution >= 4 is 11.9 Å². The Morgan fingerprint density at radius 1 is 1.50 bits per heavy atom. The number of aromatic amines is 1. The summed E-state index contributed by atoms with van der Waals surface area (Å²) in [5.41, 5.74) is 0.436. The maximum Gasteiger partial charge on any atom is 0.325 e. The third-order valence-electron chi connectivity index (χ3n) is 2.04. The second-order valence-corrected chi connectivity index (χ2v) is 3.11. The number of hydrogen-bond acceptors (Lipinski definition) is 4. The smallest absolute Gasteiger partial charge is 0.325 e. The molecule has 6 nitrogen and oxygen atoms in total. The number of nitrogens with one attached hydrogen (secondary N) is 1. The van der Waals surface area contributed by atoms with Gasteiger partial charge < -0.3 is 9.64 Å². The van der Waals surface area contributed by atoms with Crippen molar-refractivity contribution in [3.63, 3.8) is 0 Å². The molecule has 0 atom stereocenters. The highest BCUT2D eigenvalue weighted by atomic mass is 16.5. The molecule has 1 heterocycles. The van der Waals surface area contributed by atoms with Crippen molar-refractivity contribution in [3.8, 4) is 0 Å². The molecule has 1 N–H and O–H groups in total. The van der Waals surface area contributed by atoms with Crippen LogP contribution in [0.2, 0.25) is 0 Å². The van der Waals surface area contributed by atoms with Crippen LogP contribution in [0, 0.1) is 0 Å². The SMILES string of the molecule is CCOC(=O)CN(CC)C(=O)c1cn[nH]c1. The Hall–Kier alpha value is -1.85. The normalized spacial score (nSPS) is 9.88. The summed E-state index contributed by atoms with van der Waals surface area (Å²) in [7, 11) is 0. The van der Waals surface area contributed by atoms with E-state index in [9.17, 15) is 9.59 Å². The average molecular weight is 225 g/mol. The quantitative estimate of drug-likeness (QED) is 0.737. The lowest BCUT2D eigenvalue weighted by Crippen LogP contribution is -2.36. The molecule has 0 aliphatic heterocycles. The molecule has 0 aliphatic rings. The summed E-state index contributed by atoms with van der Waals surface area (Å²) in [6, 6.07) is 0. The van der Waals surface area contributed by atoms with Gasteiger partial charge in [0.2, 0.25) is 0 Å². The van der Waals surface area contributed by atoms with Crippen LogP contribution in [0.15, 0.2) is 12.4 Å². The van der Waals surface area contributed by atoms with Gasteiger partial charge in [0, 0.05) is 12.7 Å². The van der Waals surface area contributed by atoms with Crippen LogP contribution < -0.4 is 0 Å². The molecule has 0 aliphatic carbocycles. The van der Waals surface area contributed by atoms with Crippen molar-refractivity contribution in [2.24, 2.45) is 0 Å². The topological polar surface area (TPSA) is 75.3 Å². The molecule has 0 saturated carbocycles. The van der Waals surface area contributed by atoms with E-state index in [0.717, 1.165) is 0 Å². The second kappa shape index (κ2) is 5.89. The molecular weight excluding hydrogens is 210 g/mol. The van der Waals surface area contributed by atoms with E-state index in [4.69, 9.17) is 4.74 Å². The summed E-state index contributed by atoms with van der Waals surface area (Å²) in [5.74, 6) is -0.634. The van der Waals surface area contributed by atoms with Gasteiger partial charge in [0.15, 0.2) is 0 Å². The zero-order valence-electron chi connectivity index (χ0n) is 9.40. The number of esters is 1. The summed E-state index contributed by atoms with van der Waals surface area (Å²) in [5, 5.41) is 6.24. The first-order valence-electron chi connectivity index (χ1n) is 5.12. The first-order valence-corrected chi connectivity index (χ1v) is 5.12. The molecule has 1 aromatic rings. The predicted octanol–water partition coefficient (Wildman–Crippen LogP) is 0.435. The van der Waals surface area contributed by atoms with E-state index >= 15 is 0 Å². The van der Waals surface area contributed by atoms with E-state index in [1.54, 1.807) is 13.8 Å². The van der Waals surface area contributed by atoms with Crippen LogP contribution in [0.3, 0.4) is 0 Å². The molecule has 16 heavy (non-hydrogen) atoms. The Morgan fingerprint density at radius 3 is 2.75 bits per heavy atom. The molecular formula is C10H15N3O3. The fourth-order valence-corrected chi connectivity index (χ4v) is 1.24. The van der Waals surface area contributed by atoms with E-state index in [2.05, 4.69) is 10.2 Å². The lowest BCUT2D eigenvalue weighted by atomic mass is 10.3. The van der Waals surface area contributed by atoms with Crippen molar-refractivity contribution in [1.29, 1.82) is 0 Å². The van der Waals surface area contributed by atoms with Crippen molar-refractivity contribution in [2.75, 3.05) is 19.7 Å². The van der Waals surface area contributed by atoms with Gasteiger partial charge in [0.05, 0.1) is 18.4 Å². The molecule has 0 fully saturated rings. The molecule has 1 aromatic heterocycles. The Kier molecular flexibility index (Phi) is 4.50. The van der Waals surface area contributed by atoms with E-state index in [1.165, 1.54) is 17.3 Å². The fraction of sp³-hybridized carbons (Fsp3) is 0.500. The van der Waals surface area contributed by atoms with Crippen LogP contribution in [0.4, 0.5) is 0 Å². The standard InChI is InChI=1S/C10H15N3O3/c1-3-13(7-9(14)16-4-2)10(15)8-5-11-12-6-8/h5-6H,3-4,7H2,1-2H3,(H,11,12). The van der Waals surface area contributed by atoms with Gasteiger partial charge in [-0.05, 0) is 13.8 Å². The molecule has 1 rings (SSSR count). The number of aromatic nitrogens is 2. The number of likely N-dealkylation sites (N-methyl/N-ethyl adjacent to an activating group) is 1. The van der Waals surface area contributed by atoms with Gasteiger partial charge in [0.25, 0.3) is 5.91 Å². The highest BCUT2D eigenvalue weighted by molar-refractivity contribution is 5.95. The molecule has 0 unspecified atom stereocenters. The van der Waals surface area contributed by atoms with Gasteiger partial charge in [0.1, 0.15) is 6.54 Å². The monoisotopic (exact) mass is 225 g/mol. The summed E-state index contributed by atoms with van der Waals surface area (Å²) in [6.07, 6.45) is 2.92. The second-order valence-electron chi connectivity index (χ2n) is 3.11. The zero-order valence-corrected chi connectivity index (χ0v) is 9.40. The van der Waals surface area contributed by atoms with Gasteiger partial charge in [-0.2, -0.15) is 5.10 Å². The highest BCUT2D eigenvalue weighted by Gasteiger charge is 2.18. The molecule has 1 amide bonds. The van der Waals surface area contributed by atoms with Gasteiger partial charge in [-0.15, -0.1) is 0 Å². The van der Waals surface area contributed by atoms with Gasteiger partial charge in [-0.25, -0.2) is 0 Å². The number of carbonyl (C=O) groups is 2. The summed E-state index contributed by atoms with van der Waals surface area (Å²) in [6.45, 7) is 4.26. The largest absolute Gasteiger partial charge is 0.465 e. The summed E-state index contributed by atoms with van der Waals surface area (Å²) >= 11 is 0. The van der Waals surface area contributed by atoms with Gasteiger partial charge in [-0.1, -0.05) is 0 Å². The first kappa shape index (κ1) is 12.2. The van der Waals surface area contributed by atoms with E-state index in [0.29, 0.717) is 18.7 Å². The van der Waals surface area contributed by atoms with Crippen LogP contribution in [0.5, 0.6) is 0 Å². The summed E-state index contributed by atoms with van der Waals surface area (Å²) < 4.78 is 4.79. The first-order chi connectivity index (χ1) is 7.69. The maximum absolute atomic E-state index is 11.8. The predicted molar refractivity (Wildman–Crippen MR) is 56.8 cm³/mol. The Balaban J connectivity index is 2.61. The third-order valence-corrected chi connectivity index (χ3v) is 2.04. The number of hydrogen-bond donors (Lipinski definition) is 1. The van der Waals surface area contributed by atoms with E-state index < -0.39 is 5.97 Å². The molecule has 0 radical (unpaired) electrons. The van der Waals surface area contributed by atoms with Crippen LogP contribution in [-0.2, 0) is 9.53 Å². The number of H-pyrrole nitrogens is 1. The fourth-order valence-electron chi connectivity index (χ4n) is 1.24. The zero-order chi connectivity index (χ0) is 12.0. The van der Waals surface area contributed by atoms with Crippen LogP contribution >= 0.6 is 0 Å².